The van der Waals surface area contributed by atoms with E-state index in [4.69, 9.17) is 15.0 Å². The lowest BCUT2D eigenvalue weighted by atomic mass is 9.78. The number of aromatic nitrogens is 3. The summed E-state index contributed by atoms with van der Waals surface area (Å²) in [4.78, 5) is 15.4. The van der Waals surface area contributed by atoms with Gasteiger partial charge in [0.25, 0.3) is 0 Å². The average molecular weight is 816 g/mol. The second kappa shape index (κ2) is 17.1. The van der Waals surface area contributed by atoms with Crippen LogP contribution in [0.25, 0.3) is 112 Å². The third-order valence-electron chi connectivity index (χ3n) is 11.9. The van der Waals surface area contributed by atoms with Crippen molar-refractivity contribution in [3.8, 4) is 101 Å². The maximum atomic E-state index is 5.18. The Bertz CT molecular complexity index is 3330. The van der Waals surface area contributed by atoms with Crippen molar-refractivity contribution in [2.45, 2.75) is 0 Å². The molecule has 0 saturated carbocycles. The predicted molar refractivity (Wildman–Crippen MR) is 266 cm³/mol. The summed E-state index contributed by atoms with van der Waals surface area (Å²) in [5, 5.41) is 2.19. The van der Waals surface area contributed by atoms with Crippen molar-refractivity contribution in [1.29, 1.82) is 0 Å². The van der Waals surface area contributed by atoms with E-state index in [1.165, 1.54) is 27.8 Å². The molecule has 64 heavy (non-hydrogen) atoms. The van der Waals surface area contributed by atoms with Crippen molar-refractivity contribution in [1.82, 2.24) is 15.0 Å². The number of fused-ring (bicyclic) bond motifs is 1. The van der Waals surface area contributed by atoms with Gasteiger partial charge in [-0.05, 0) is 102 Å². The van der Waals surface area contributed by atoms with Crippen LogP contribution in [0.4, 0.5) is 0 Å². The first-order valence-electron chi connectivity index (χ1n) is 21.7. The predicted octanol–water partition coefficient (Wildman–Crippen LogP) is 16.0. The molecule has 11 rings (SSSR count). The molecule has 0 atom stereocenters. The zero-order valence-corrected chi connectivity index (χ0v) is 35.0. The third-order valence-corrected chi connectivity index (χ3v) is 11.9. The smallest absolute Gasteiger partial charge is 0.164 e. The van der Waals surface area contributed by atoms with Gasteiger partial charge in [0.15, 0.2) is 17.5 Å². The van der Waals surface area contributed by atoms with Crippen LogP contribution in [0, 0.1) is 0 Å². The van der Waals surface area contributed by atoms with Crippen molar-refractivity contribution < 1.29 is 0 Å². The average Bonchev–Trinajstić information content (AvgIpc) is 3.39. The fourth-order valence-corrected chi connectivity index (χ4v) is 8.92. The molecule has 10 aromatic carbocycles. The lowest BCUT2D eigenvalue weighted by molar-refractivity contribution is 1.08. The van der Waals surface area contributed by atoms with Crippen LogP contribution in [-0.4, -0.2) is 15.0 Å². The summed E-state index contributed by atoms with van der Waals surface area (Å²) in [5.74, 6) is 1.90. The highest BCUT2D eigenvalue weighted by molar-refractivity contribution is 6.08. The van der Waals surface area contributed by atoms with Gasteiger partial charge in [-0.2, -0.15) is 0 Å². The first kappa shape index (κ1) is 38.4. The van der Waals surface area contributed by atoms with Crippen molar-refractivity contribution in [2.75, 3.05) is 0 Å². The van der Waals surface area contributed by atoms with Gasteiger partial charge >= 0.3 is 0 Å². The minimum absolute atomic E-state index is 0.629. The molecule has 0 saturated heterocycles. The van der Waals surface area contributed by atoms with E-state index < -0.39 is 0 Å². The van der Waals surface area contributed by atoms with Crippen LogP contribution in [-0.2, 0) is 0 Å². The Labute approximate surface area is 373 Å². The van der Waals surface area contributed by atoms with E-state index in [2.05, 4.69) is 212 Å². The van der Waals surface area contributed by atoms with Crippen molar-refractivity contribution in [3.05, 3.63) is 249 Å². The molecule has 0 radical (unpaired) electrons. The standard InChI is InChI=1S/C61H41N3/c1-7-22-42(23-8-1)53-41-54(57(44-26-11-3-12-27-44)58(45-28-13-4-14-29-45)56(53)43-24-9-2-10-25-43)50-36-21-35-48(38-50)51-39-49-34-19-20-37-52(49)55(40-51)61-63-59(46-30-15-5-16-31-46)62-60(64-61)47-32-17-6-18-33-47/h1-41H. The quantitative estimate of drug-likeness (QED) is 0.146. The number of benzene rings is 10. The Morgan fingerprint density at radius 2 is 0.594 bits per heavy atom. The summed E-state index contributed by atoms with van der Waals surface area (Å²) < 4.78 is 0. The largest absolute Gasteiger partial charge is 0.208 e. The van der Waals surface area contributed by atoms with Gasteiger partial charge < -0.3 is 0 Å². The topological polar surface area (TPSA) is 38.7 Å². The highest BCUT2D eigenvalue weighted by Crippen LogP contribution is 2.50. The fourth-order valence-electron chi connectivity index (χ4n) is 8.92. The van der Waals surface area contributed by atoms with Gasteiger partial charge in [0.2, 0.25) is 0 Å². The molecule has 0 bridgehead atoms. The molecular weight excluding hydrogens is 775 g/mol. The minimum Gasteiger partial charge on any atom is -0.208 e. The highest BCUT2D eigenvalue weighted by Gasteiger charge is 2.24. The summed E-state index contributed by atoms with van der Waals surface area (Å²) in [7, 11) is 0. The van der Waals surface area contributed by atoms with Gasteiger partial charge in [0, 0.05) is 16.7 Å². The molecule has 0 amide bonds. The Kier molecular flexibility index (Phi) is 10.3. The van der Waals surface area contributed by atoms with Crippen LogP contribution in [0.1, 0.15) is 0 Å². The van der Waals surface area contributed by atoms with Gasteiger partial charge in [0.05, 0.1) is 0 Å². The normalized spacial score (nSPS) is 11.1. The van der Waals surface area contributed by atoms with Crippen LogP contribution in [0.15, 0.2) is 249 Å². The monoisotopic (exact) mass is 815 g/mol. The lowest BCUT2D eigenvalue weighted by Crippen LogP contribution is -2.00. The van der Waals surface area contributed by atoms with Crippen LogP contribution in [0.2, 0.25) is 0 Å². The van der Waals surface area contributed by atoms with Gasteiger partial charge in [-0.25, -0.2) is 15.0 Å². The van der Waals surface area contributed by atoms with Crippen LogP contribution in [0.3, 0.4) is 0 Å². The molecule has 0 spiro atoms. The molecule has 1 aromatic heterocycles. The van der Waals surface area contributed by atoms with E-state index in [0.717, 1.165) is 66.4 Å². The summed E-state index contributed by atoms with van der Waals surface area (Å²) in [5.41, 5.74) is 16.7. The Morgan fingerprint density at radius 3 is 1.12 bits per heavy atom. The highest BCUT2D eigenvalue weighted by atomic mass is 15.0. The third kappa shape index (κ3) is 7.46. The van der Waals surface area contributed by atoms with E-state index in [1.807, 2.05) is 36.4 Å². The molecule has 3 nitrogen and oxygen atoms in total. The summed E-state index contributed by atoms with van der Waals surface area (Å²) in [6, 6.07) is 88.2. The second-order valence-electron chi connectivity index (χ2n) is 15.9. The van der Waals surface area contributed by atoms with Crippen LogP contribution >= 0.6 is 0 Å². The van der Waals surface area contributed by atoms with Crippen molar-refractivity contribution in [2.24, 2.45) is 0 Å². The number of hydrogen-bond donors (Lipinski definition) is 0. The zero-order valence-electron chi connectivity index (χ0n) is 35.0. The van der Waals surface area contributed by atoms with E-state index in [1.54, 1.807) is 0 Å². The van der Waals surface area contributed by atoms with Gasteiger partial charge in [0.1, 0.15) is 0 Å². The maximum Gasteiger partial charge on any atom is 0.164 e. The van der Waals surface area contributed by atoms with E-state index in [0.29, 0.717) is 17.5 Å². The maximum absolute atomic E-state index is 5.18. The SMILES string of the molecule is c1ccc(-c2nc(-c3ccccc3)nc(-c3cc(-c4cccc(-c5cc(-c6ccccc6)c(-c6ccccc6)c(-c6ccccc6)c5-c5ccccc5)c4)cc4ccccc34)n2)cc1. The van der Waals surface area contributed by atoms with Crippen molar-refractivity contribution in [3.63, 3.8) is 0 Å². The molecule has 0 N–H and O–H groups in total. The first-order chi connectivity index (χ1) is 31.7. The Hall–Kier alpha value is -8.53. The molecule has 11 aromatic rings. The van der Waals surface area contributed by atoms with Crippen LogP contribution in [0.5, 0.6) is 0 Å². The molecule has 3 heteroatoms. The molecular formula is C61H41N3. The molecule has 1 heterocycles. The molecule has 0 unspecified atom stereocenters. The number of hydrogen-bond acceptors (Lipinski definition) is 3. The first-order valence-corrected chi connectivity index (χ1v) is 21.7. The summed E-state index contributed by atoms with van der Waals surface area (Å²) in [6.45, 7) is 0. The zero-order chi connectivity index (χ0) is 42.7. The minimum atomic E-state index is 0.629. The molecule has 0 aliphatic carbocycles. The fraction of sp³-hybridized carbons (Fsp3) is 0. The van der Waals surface area contributed by atoms with Gasteiger partial charge in [-0.1, -0.05) is 224 Å². The van der Waals surface area contributed by atoms with Crippen molar-refractivity contribution >= 4 is 10.8 Å². The Morgan fingerprint density at radius 1 is 0.203 bits per heavy atom. The summed E-state index contributed by atoms with van der Waals surface area (Å²) >= 11 is 0. The molecule has 0 aliphatic rings. The van der Waals surface area contributed by atoms with Gasteiger partial charge in [-0.15, -0.1) is 0 Å². The van der Waals surface area contributed by atoms with E-state index in [9.17, 15) is 0 Å². The molecule has 0 aliphatic heterocycles. The number of rotatable bonds is 9. The van der Waals surface area contributed by atoms with E-state index >= 15 is 0 Å². The van der Waals surface area contributed by atoms with E-state index in [-0.39, 0.29) is 0 Å². The summed E-state index contributed by atoms with van der Waals surface area (Å²) in [6.07, 6.45) is 0. The Balaban J connectivity index is 1.16. The molecule has 0 fully saturated rings. The molecule has 300 valence electrons. The lowest BCUT2D eigenvalue weighted by Gasteiger charge is -2.24. The second-order valence-corrected chi connectivity index (χ2v) is 15.9. The number of nitrogens with zero attached hydrogens (tertiary/aromatic N) is 3. The van der Waals surface area contributed by atoms with Crippen LogP contribution < -0.4 is 0 Å². The van der Waals surface area contributed by atoms with Gasteiger partial charge in [-0.3, -0.25) is 0 Å².